The van der Waals surface area contributed by atoms with E-state index in [-0.39, 0.29) is 5.78 Å². The highest BCUT2D eigenvalue weighted by atomic mass is 16.1. The Morgan fingerprint density at radius 1 is 1.33 bits per heavy atom. The zero-order chi connectivity index (χ0) is 13.0. The fourth-order valence-electron chi connectivity index (χ4n) is 1.92. The minimum absolute atomic E-state index is 0.0720. The summed E-state index contributed by atoms with van der Waals surface area (Å²) in [4.78, 5) is 12.2. The van der Waals surface area contributed by atoms with Crippen LogP contribution in [0.4, 0.5) is 0 Å². The third-order valence-corrected chi connectivity index (χ3v) is 2.95. The summed E-state index contributed by atoms with van der Waals surface area (Å²) in [5, 5.41) is 7.75. The van der Waals surface area contributed by atoms with E-state index in [9.17, 15) is 4.79 Å². The Morgan fingerprint density at radius 2 is 2.11 bits per heavy atom. The number of aryl methyl sites for hydroxylation is 2. The average molecular weight is 243 g/mol. The van der Waals surface area contributed by atoms with Crippen LogP contribution in [0, 0.1) is 6.92 Å². The van der Waals surface area contributed by atoms with Gasteiger partial charge in [-0.1, -0.05) is 36.4 Å². The number of aromatic nitrogens is 3. The molecule has 1 heterocycles. The molecule has 1 aromatic heterocycles. The molecule has 0 atom stereocenters. The number of hydrogen-bond acceptors (Lipinski definition) is 3. The van der Waals surface area contributed by atoms with Gasteiger partial charge in [0.15, 0.2) is 5.78 Å². The Balaban J connectivity index is 2.17. The van der Waals surface area contributed by atoms with Crippen molar-refractivity contribution in [1.29, 1.82) is 0 Å². The van der Waals surface area contributed by atoms with Crippen LogP contribution in [-0.4, -0.2) is 20.8 Å². The van der Waals surface area contributed by atoms with E-state index >= 15 is 0 Å². The first-order chi connectivity index (χ1) is 8.72. The predicted octanol–water partition coefficient (Wildman–Crippen LogP) is 2.42. The van der Waals surface area contributed by atoms with Gasteiger partial charge in [0.2, 0.25) is 0 Å². The molecule has 0 saturated carbocycles. The zero-order valence-corrected chi connectivity index (χ0v) is 10.8. The summed E-state index contributed by atoms with van der Waals surface area (Å²) in [7, 11) is 0. The Bertz CT molecular complexity index is 545. The number of carbonyl (C=O) groups excluding carboxylic acids is 1. The van der Waals surface area contributed by atoms with Crippen LogP contribution < -0.4 is 0 Å². The van der Waals surface area contributed by atoms with E-state index in [1.54, 1.807) is 10.9 Å². The molecule has 18 heavy (non-hydrogen) atoms. The number of carbonyl (C=O) groups is 1. The number of benzene rings is 1. The van der Waals surface area contributed by atoms with E-state index in [2.05, 4.69) is 17.2 Å². The topological polar surface area (TPSA) is 47.8 Å². The van der Waals surface area contributed by atoms with Crippen LogP contribution in [0.3, 0.4) is 0 Å². The van der Waals surface area contributed by atoms with E-state index in [4.69, 9.17) is 0 Å². The number of rotatable bonds is 5. The van der Waals surface area contributed by atoms with E-state index in [0.29, 0.717) is 12.1 Å². The van der Waals surface area contributed by atoms with Crippen LogP contribution in [0.25, 0.3) is 0 Å². The van der Waals surface area contributed by atoms with Crippen molar-refractivity contribution >= 4 is 5.78 Å². The van der Waals surface area contributed by atoms with Crippen LogP contribution in [-0.2, 0) is 13.0 Å². The smallest absolute Gasteiger partial charge is 0.186 e. The molecule has 0 N–H and O–H groups in total. The van der Waals surface area contributed by atoms with Gasteiger partial charge in [0.1, 0.15) is 5.69 Å². The van der Waals surface area contributed by atoms with Crippen molar-refractivity contribution in [2.24, 2.45) is 0 Å². The molecule has 0 aliphatic carbocycles. The molecule has 0 amide bonds. The molecule has 0 radical (unpaired) electrons. The fourth-order valence-corrected chi connectivity index (χ4v) is 1.92. The highest BCUT2D eigenvalue weighted by Crippen LogP contribution is 2.11. The molecule has 1 aromatic carbocycles. The van der Waals surface area contributed by atoms with Gasteiger partial charge < -0.3 is 0 Å². The highest BCUT2D eigenvalue weighted by Gasteiger charge is 2.14. The Hall–Kier alpha value is -1.97. The molecular weight excluding hydrogens is 226 g/mol. The predicted molar refractivity (Wildman–Crippen MR) is 69.5 cm³/mol. The maximum atomic E-state index is 12.2. The third kappa shape index (κ3) is 2.64. The first kappa shape index (κ1) is 12.5. The molecule has 0 fully saturated rings. The van der Waals surface area contributed by atoms with Gasteiger partial charge in [0, 0.05) is 13.0 Å². The van der Waals surface area contributed by atoms with E-state index in [1.807, 2.05) is 31.2 Å². The Labute approximate surface area is 107 Å². The Morgan fingerprint density at radius 3 is 2.83 bits per heavy atom. The maximum absolute atomic E-state index is 12.2. The standard InChI is InChI=1S/C14H17N3O/c1-3-8-17-13(10-15-16-17)14(18)9-12-7-5-4-6-11(12)2/h4-7,10H,3,8-9H2,1-2H3. The molecule has 0 bridgehead atoms. The third-order valence-electron chi connectivity index (χ3n) is 2.95. The molecule has 0 saturated heterocycles. The lowest BCUT2D eigenvalue weighted by atomic mass is 10.0. The van der Waals surface area contributed by atoms with Crippen LogP contribution in [0.5, 0.6) is 0 Å². The van der Waals surface area contributed by atoms with Gasteiger partial charge in [0.05, 0.1) is 6.20 Å². The molecule has 4 nitrogen and oxygen atoms in total. The largest absolute Gasteiger partial charge is 0.292 e. The van der Waals surface area contributed by atoms with Crippen molar-refractivity contribution < 1.29 is 4.79 Å². The van der Waals surface area contributed by atoms with Crippen LogP contribution in [0.2, 0.25) is 0 Å². The molecule has 4 heteroatoms. The average Bonchev–Trinajstić information content (AvgIpc) is 2.81. The summed E-state index contributed by atoms with van der Waals surface area (Å²) in [6, 6.07) is 7.94. The van der Waals surface area contributed by atoms with Gasteiger partial charge >= 0.3 is 0 Å². The second-order valence-electron chi connectivity index (χ2n) is 4.37. The van der Waals surface area contributed by atoms with Gasteiger partial charge in [-0.25, -0.2) is 4.68 Å². The summed E-state index contributed by atoms with van der Waals surface area (Å²) in [6.45, 7) is 4.80. The zero-order valence-electron chi connectivity index (χ0n) is 10.8. The summed E-state index contributed by atoms with van der Waals surface area (Å²) in [5.74, 6) is 0.0720. The highest BCUT2D eigenvalue weighted by molar-refractivity contribution is 5.95. The molecule has 0 unspecified atom stereocenters. The normalized spacial score (nSPS) is 10.6. The van der Waals surface area contributed by atoms with Gasteiger partial charge in [-0.05, 0) is 24.5 Å². The number of nitrogens with zero attached hydrogens (tertiary/aromatic N) is 3. The van der Waals surface area contributed by atoms with Crippen LogP contribution >= 0.6 is 0 Å². The van der Waals surface area contributed by atoms with Crippen molar-refractivity contribution in [3.05, 3.63) is 47.3 Å². The second-order valence-corrected chi connectivity index (χ2v) is 4.37. The van der Waals surface area contributed by atoms with Gasteiger partial charge in [0.25, 0.3) is 0 Å². The number of hydrogen-bond donors (Lipinski definition) is 0. The lowest BCUT2D eigenvalue weighted by molar-refractivity contribution is 0.0982. The lowest BCUT2D eigenvalue weighted by Crippen LogP contribution is -2.13. The molecule has 94 valence electrons. The van der Waals surface area contributed by atoms with Gasteiger partial charge in [-0.3, -0.25) is 4.79 Å². The number of ketones is 1. The minimum Gasteiger partial charge on any atom is -0.292 e. The minimum atomic E-state index is 0.0720. The van der Waals surface area contributed by atoms with Crippen LogP contribution in [0.15, 0.2) is 30.5 Å². The second kappa shape index (κ2) is 5.58. The molecule has 2 aromatic rings. The number of Topliss-reactive ketones (excluding diaryl/α,β-unsaturated/α-hetero) is 1. The molecular formula is C14H17N3O. The molecule has 0 spiro atoms. The summed E-state index contributed by atoms with van der Waals surface area (Å²) in [5.41, 5.74) is 2.80. The SMILES string of the molecule is CCCn1nncc1C(=O)Cc1ccccc1C. The van der Waals surface area contributed by atoms with Crippen molar-refractivity contribution in [3.63, 3.8) is 0 Å². The quantitative estimate of drug-likeness (QED) is 0.758. The van der Waals surface area contributed by atoms with E-state index in [1.165, 1.54) is 0 Å². The van der Waals surface area contributed by atoms with Crippen molar-refractivity contribution in [3.8, 4) is 0 Å². The molecule has 0 aliphatic rings. The lowest BCUT2D eigenvalue weighted by Gasteiger charge is -2.06. The van der Waals surface area contributed by atoms with Gasteiger partial charge in [-0.2, -0.15) is 0 Å². The first-order valence-electron chi connectivity index (χ1n) is 6.18. The van der Waals surface area contributed by atoms with Crippen LogP contribution in [0.1, 0.15) is 35.0 Å². The van der Waals surface area contributed by atoms with E-state index < -0.39 is 0 Å². The molecule has 2 rings (SSSR count). The monoisotopic (exact) mass is 243 g/mol. The maximum Gasteiger partial charge on any atom is 0.186 e. The summed E-state index contributed by atoms with van der Waals surface area (Å²) >= 11 is 0. The fraction of sp³-hybridized carbons (Fsp3) is 0.357. The Kier molecular flexibility index (Phi) is 3.87. The molecule has 0 aliphatic heterocycles. The summed E-state index contributed by atoms with van der Waals surface area (Å²) < 4.78 is 1.68. The van der Waals surface area contributed by atoms with E-state index in [0.717, 1.165) is 24.1 Å². The first-order valence-corrected chi connectivity index (χ1v) is 6.18. The van der Waals surface area contributed by atoms with Crippen molar-refractivity contribution in [1.82, 2.24) is 15.0 Å². The van der Waals surface area contributed by atoms with Gasteiger partial charge in [-0.15, -0.1) is 5.10 Å². The van der Waals surface area contributed by atoms with Crippen molar-refractivity contribution in [2.45, 2.75) is 33.2 Å². The van der Waals surface area contributed by atoms with Crippen molar-refractivity contribution in [2.75, 3.05) is 0 Å². The summed E-state index contributed by atoms with van der Waals surface area (Å²) in [6.07, 6.45) is 2.90.